The number of hydrogen-bond donors (Lipinski definition) is 1. The first-order chi connectivity index (χ1) is 12.6. The third kappa shape index (κ3) is 3.51. The number of pyridine rings is 1. The van der Waals surface area contributed by atoms with E-state index in [1.54, 1.807) is 24.3 Å². The normalized spacial score (nSPS) is 11.8. The molecule has 3 rings (SSSR count). The number of nitrogens with zero attached hydrogens (tertiary/aromatic N) is 3. The highest BCUT2D eigenvalue weighted by atomic mass is 16.5. The number of carbonyl (C=O) groups is 1. The third-order valence-corrected chi connectivity index (χ3v) is 3.86. The van der Waals surface area contributed by atoms with Gasteiger partial charge in [0.2, 0.25) is 0 Å². The van der Waals surface area contributed by atoms with Crippen LogP contribution in [0.1, 0.15) is 29.1 Å². The molecular formula is C19H20N4O3. The molecule has 0 bridgehead atoms. The molecular weight excluding hydrogens is 332 g/mol. The summed E-state index contributed by atoms with van der Waals surface area (Å²) in [5.74, 6) is 1.46. The Balaban J connectivity index is 1.78. The molecule has 0 aliphatic rings. The van der Waals surface area contributed by atoms with Crippen molar-refractivity contribution in [3.8, 4) is 11.5 Å². The Morgan fingerprint density at radius 2 is 2.15 bits per heavy atom. The molecule has 7 heteroatoms. The minimum Gasteiger partial charge on any atom is -0.493 e. The van der Waals surface area contributed by atoms with Gasteiger partial charge in [0.1, 0.15) is 6.61 Å². The molecule has 0 saturated carbocycles. The van der Waals surface area contributed by atoms with Crippen LogP contribution >= 0.6 is 0 Å². The molecule has 0 aliphatic carbocycles. The highest BCUT2D eigenvalue weighted by molar-refractivity contribution is 5.95. The molecule has 3 aromatic rings. The summed E-state index contributed by atoms with van der Waals surface area (Å²) in [7, 11) is 1.53. The Labute approximate surface area is 151 Å². The molecule has 1 unspecified atom stereocenters. The van der Waals surface area contributed by atoms with Crippen LogP contribution in [0.4, 0.5) is 0 Å². The molecule has 2 heterocycles. The zero-order valence-electron chi connectivity index (χ0n) is 14.7. The van der Waals surface area contributed by atoms with E-state index in [1.807, 2.05) is 35.7 Å². The van der Waals surface area contributed by atoms with Crippen LogP contribution in [0.25, 0.3) is 5.65 Å². The van der Waals surface area contributed by atoms with Crippen LogP contribution in [-0.4, -0.2) is 34.2 Å². The summed E-state index contributed by atoms with van der Waals surface area (Å²) >= 11 is 0. The van der Waals surface area contributed by atoms with Gasteiger partial charge in [0.05, 0.1) is 13.2 Å². The first kappa shape index (κ1) is 17.5. The molecule has 26 heavy (non-hydrogen) atoms. The number of amides is 1. The van der Waals surface area contributed by atoms with Gasteiger partial charge in [-0.3, -0.25) is 9.20 Å². The Morgan fingerprint density at radius 1 is 1.31 bits per heavy atom. The van der Waals surface area contributed by atoms with E-state index in [-0.39, 0.29) is 11.9 Å². The monoisotopic (exact) mass is 352 g/mol. The summed E-state index contributed by atoms with van der Waals surface area (Å²) in [6.07, 6.45) is 3.51. The smallest absolute Gasteiger partial charge is 0.252 e. The van der Waals surface area contributed by atoms with Gasteiger partial charge in [0.25, 0.3) is 5.91 Å². The second kappa shape index (κ2) is 7.69. The van der Waals surface area contributed by atoms with Gasteiger partial charge in [0, 0.05) is 11.8 Å². The molecule has 134 valence electrons. The largest absolute Gasteiger partial charge is 0.493 e. The number of ether oxygens (including phenoxy) is 2. The summed E-state index contributed by atoms with van der Waals surface area (Å²) < 4.78 is 12.7. The third-order valence-electron chi connectivity index (χ3n) is 3.86. The predicted molar refractivity (Wildman–Crippen MR) is 97.6 cm³/mol. The van der Waals surface area contributed by atoms with Crippen LogP contribution < -0.4 is 14.8 Å². The molecule has 0 radical (unpaired) electrons. The van der Waals surface area contributed by atoms with E-state index < -0.39 is 0 Å². The van der Waals surface area contributed by atoms with Crippen molar-refractivity contribution in [1.82, 2.24) is 19.9 Å². The average molecular weight is 352 g/mol. The van der Waals surface area contributed by atoms with E-state index in [2.05, 4.69) is 22.1 Å². The van der Waals surface area contributed by atoms with Gasteiger partial charge in [0.15, 0.2) is 23.0 Å². The summed E-state index contributed by atoms with van der Waals surface area (Å²) in [5.41, 5.74) is 1.20. The lowest BCUT2D eigenvalue weighted by Crippen LogP contribution is -2.28. The van der Waals surface area contributed by atoms with Crippen LogP contribution in [-0.2, 0) is 0 Å². The molecule has 1 N–H and O–H groups in total. The van der Waals surface area contributed by atoms with E-state index in [0.29, 0.717) is 29.5 Å². The number of hydrogen-bond acceptors (Lipinski definition) is 5. The van der Waals surface area contributed by atoms with Crippen molar-refractivity contribution in [2.24, 2.45) is 0 Å². The number of benzene rings is 1. The number of carbonyl (C=O) groups excluding carboxylic acids is 1. The fourth-order valence-corrected chi connectivity index (χ4v) is 2.58. The van der Waals surface area contributed by atoms with Gasteiger partial charge < -0.3 is 14.8 Å². The topological polar surface area (TPSA) is 77.8 Å². The van der Waals surface area contributed by atoms with Gasteiger partial charge in [-0.05, 0) is 37.3 Å². The van der Waals surface area contributed by atoms with Crippen molar-refractivity contribution < 1.29 is 14.3 Å². The summed E-state index contributed by atoms with van der Waals surface area (Å²) in [6, 6.07) is 10.3. The molecule has 0 aliphatic heterocycles. The number of rotatable bonds is 7. The van der Waals surface area contributed by atoms with E-state index in [9.17, 15) is 4.79 Å². The molecule has 0 saturated heterocycles. The lowest BCUT2D eigenvalue weighted by Gasteiger charge is -2.14. The van der Waals surface area contributed by atoms with Crippen molar-refractivity contribution in [3.63, 3.8) is 0 Å². The second-order valence-corrected chi connectivity index (χ2v) is 5.65. The number of methoxy groups -OCH3 is 1. The maximum atomic E-state index is 12.6. The van der Waals surface area contributed by atoms with Crippen molar-refractivity contribution in [3.05, 3.63) is 66.6 Å². The van der Waals surface area contributed by atoms with Gasteiger partial charge in [-0.1, -0.05) is 18.7 Å². The molecule has 1 aromatic carbocycles. The standard InChI is InChI=1S/C19H20N4O3/c1-4-11-26-15-9-8-14(12-16(15)25-3)19(24)20-13(2)18-22-21-17-7-5-6-10-23(17)18/h4-10,12-13H,1,11H2,2-3H3,(H,20,24). The number of aromatic nitrogens is 3. The van der Waals surface area contributed by atoms with Gasteiger partial charge >= 0.3 is 0 Å². The van der Waals surface area contributed by atoms with Crippen LogP contribution in [0.15, 0.2) is 55.3 Å². The van der Waals surface area contributed by atoms with E-state index in [4.69, 9.17) is 9.47 Å². The predicted octanol–water partition coefficient (Wildman–Crippen LogP) is 2.79. The average Bonchev–Trinajstić information content (AvgIpc) is 3.10. The van der Waals surface area contributed by atoms with Crippen LogP contribution in [0, 0.1) is 0 Å². The Hall–Kier alpha value is -3.35. The highest BCUT2D eigenvalue weighted by Crippen LogP contribution is 2.28. The lowest BCUT2D eigenvalue weighted by atomic mass is 10.1. The fourth-order valence-electron chi connectivity index (χ4n) is 2.58. The molecule has 7 nitrogen and oxygen atoms in total. The van der Waals surface area contributed by atoms with Crippen molar-refractivity contribution in [2.75, 3.05) is 13.7 Å². The van der Waals surface area contributed by atoms with Gasteiger partial charge in [-0.2, -0.15) is 0 Å². The van der Waals surface area contributed by atoms with Crippen molar-refractivity contribution in [1.29, 1.82) is 0 Å². The molecule has 1 amide bonds. The maximum absolute atomic E-state index is 12.6. The molecule has 0 fully saturated rings. The van der Waals surface area contributed by atoms with Crippen LogP contribution in [0.3, 0.4) is 0 Å². The van der Waals surface area contributed by atoms with Crippen LogP contribution in [0.5, 0.6) is 11.5 Å². The Bertz CT molecular complexity index is 935. The van der Waals surface area contributed by atoms with Crippen molar-refractivity contribution >= 4 is 11.6 Å². The lowest BCUT2D eigenvalue weighted by molar-refractivity contribution is 0.0937. The number of fused-ring (bicyclic) bond motifs is 1. The molecule has 0 spiro atoms. The minimum atomic E-state index is -0.317. The molecule has 2 aromatic heterocycles. The molecule has 1 atom stereocenters. The zero-order valence-corrected chi connectivity index (χ0v) is 14.7. The van der Waals surface area contributed by atoms with Crippen LogP contribution in [0.2, 0.25) is 0 Å². The van der Waals surface area contributed by atoms with E-state index in [0.717, 1.165) is 5.65 Å². The zero-order chi connectivity index (χ0) is 18.5. The number of nitrogens with one attached hydrogen (secondary N) is 1. The summed E-state index contributed by atoms with van der Waals surface area (Å²) in [4.78, 5) is 12.6. The van der Waals surface area contributed by atoms with Gasteiger partial charge in [-0.25, -0.2) is 0 Å². The quantitative estimate of drug-likeness (QED) is 0.662. The SMILES string of the molecule is C=CCOc1ccc(C(=O)NC(C)c2nnc3ccccn23)cc1OC. The van der Waals surface area contributed by atoms with E-state index >= 15 is 0 Å². The Morgan fingerprint density at radius 3 is 2.92 bits per heavy atom. The maximum Gasteiger partial charge on any atom is 0.252 e. The van der Waals surface area contributed by atoms with E-state index in [1.165, 1.54) is 7.11 Å². The Kier molecular flexibility index (Phi) is 5.17. The second-order valence-electron chi connectivity index (χ2n) is 5.65. The van der Waals surface area contributed by atoms with Crippen molar-refractivity contribution in [2.45, 2.75) is 13.0 Å². The van der Waals surface area contributed by atoms with Gasteiger partial charge in [-0.15, -0.1) is 10.2 Å². The first-order valence-corrected chi connectivity index (χ1v) is 8.16. The fraction of sp³-hybridized carbons (Fsp3) is 0.211. The minimum absolute atomic E-state index is 0.237. The highest BCUT2D eigenvalue weighted by Gasteiger charge is 2.18. The first-order valence-electron chi connectivity index (χ1n) is 8.16. The summed E-state index contributed by atoms with van der Waals surface area (Å²) in [5, 5.41) is 11.2. The summed E-state index contributed by atoms with van der Waals surface area (Å²) in [6.45, 7) is 5.83.